The summed E-state index contributed by atoms with van der Waals surface area (Å²) in [6.45, 7) is 0. The minimum absolute atomic E-state index is 0.116. The molecule has 1 aromatic heterocycles. The number of nitrogen functional groups attached to an aromatic ring is 1. The van der Waals surface area contributed by atoms with Crippen LogP contribution in [0.3, 0.4) is 0 Å². The van der Waals surface area contributed by atoms with Gasteiger partial charge < -0.3 is 14.9 Å². The number of halogens is 2. The lowest BCUT2D eigenvalue weighted by molar-refractivity contribution is 0.483. The van der Waals surface area contributed by atoms with Crippen LogP contribution in [0.15, 0.2) is 39.5 Å². The molecule has 0 spiro atoms. The molecule has 20 heavy (non-hydrogen) atoms. The van der Waals surface area contributed by atoms with E-state index in [1.807, 2.05) is 0 Å². The Hall–Kier alpha value is -2.47. The third-order valence-corrected chi connectivity index (χ3v) is 2.96. The number of ether oxygens (including phenoxy) is 1. The Morgan fingerprint density at radius 3 is 2.80 bits per heavy atom. The second-order valence-electron chi connectivity index (χ2n) is 4.08. The van der Waals surface area contributed by atoms with Gasteiger partial charge in [-0.25, -0.2) is 9.18 Å². The zero-order valence-corrected chi connectivity index (χ0v) is 10.7. The van der Waals surface area contributed by atoms with Gasteiger partial charge in [0.25, 0.3) is 0 Å². The van der Waals surface area contributed by atoms with Crippen molar-refractivity contribution in [2.45, 2.75) is 0 Å². The van der Waals surface area contributed by atoms with Crippen LogP contribution in [0.25, 0.3) is 11.1 Å². The van der Waals surface area contributed by atoms with Crippen LogP contribution in [-0.2, 0) is 0 Å². The van der Waals surface area contributed by atoms with Crippen LogP contribution >= 0.6 is 11.6 Å². The minimum Gasteiger partial charge on any atom is -0.454 e. The van der Waals surface area contributed by atoms with Crippen molar-refractivity contribution >= 4 is 28.4 Å². The van der Waals surface area contributed by atoms with Gasteiger partial charge in [-0.15, -0.1) is 0 Å². The van der Waals surface area contributed by atoms with E-state index in [-0.39, 0.29) is 22.2 Å². The highest BCUT2D eigenvalue weighted by atomic mass is 35.5. The Morgan fingerprint density at radius 2 is 2.05 bits per heavy atom. The number of anilines is 1. The normalized spacial score (nSPS) is 10.9. The first-order chi connectivity index (χ1) is 9.52. The molecular weight excluding hydrogens is 287 g/mol. The van der Waals surface area contributed by atoms with Crippen LogP contribution in [0, 0.1) is 5.82 Å². The van der Waals surface area contributed by atoms with E-state index in [1.165, 1.54) is 24.3 Å². The highest BCUT2D eigenvalue weighted by molar-refractivity contribution is 6.32. The first kappa shape index (κ1) is 12.6. The summed E-state index contributed by atoms with van der Waals surface area (Å²) in [5.41, 5.74) is 6.84. The maximum atomic E-state index is 13.0. The number of H-pyrrole nitrogens is 1. The summed E-state index contributed by atoms with van der Waals surface area (Å²) in [5, 5.41) is 0.116. The molecule has 0 radical (unpaired) electrons. The largest absolute Gasteiger partial charge is 0.454 e. The summed E-state index contributed by atoms with van der Waals surface area (Å²) >= 11 is 5.87. The highest BCUT2D eigenvalue weighted by Gasteiger charge is 2.11. The van der Waals surface area contributed by atoms with Crippen molar-refractivity contribution in [1.29, 1.82) is 0 Å². The molecule has 1 heterocycles. The maximum Gasteiger partial charge on any atom is 0.417 e. The first-order valence-electron chi connectivity index (χ1n) is 5.58. The van der Waals surface area contributed by atoms with Gasteiger partial charge in [0.05, 0.1) is 16.2 Å². The SMILES string of the molecule is Nc1cc2oc(=O)[nH]c2cc1Oc1ccc(F)cc1Cl. The number of rotatable bonds is 2. The molecule has 3 N–H and O–H groups in total. The number of benzene rings is 2. The van der Waals surface area contributed by atoms with E-state index in [0.717, 1.165) is 6.07 Å². The van der Waals surface area contributed by atoms with Crippen molar-refractivity contribution in [3.8, 4) is 11.5 Å². The van der Waals surface area contributed by atoms with Gasteiger partial charge in [0.2, 0.25) is 0 Å². The van der Waals surface area contributed by atoms with Crippen LogP contribution in [0.5, 0.6) is 11.5 Å². The molecule has 0 aliphatic carbocycles. The minimum atomic E-state index is -0.587. The quantitative estimate of drug-likeness (QED) is 0.711. The predicted molar refractivity (Wildman–Crippen MR) is 72.7 cm³/mol. The van der Waals surface area contributed by atoms with Crippen molar-refractivity contribution in [3.05, 3.63) is 51.7 Å². The molecule has 0 amide bonds. The van der Waals surface area contributed by atoms with E-state index >= 15 is 0 Å². The average Bonchev–Trinajstić information content (AvgIpc) is 2.72. The summed E-state index contributed by atoms with van der Waals surface area (Å²) in [6, 6.07) is 6.70. The fourth-order valence-electron chi connectivity index (χ4n) is 1.76. The molecule has 5 nitrogen and oxygen atoms in total. The maximum absolute atomic E-state index is 13.0. The lowest BCUT2D eigenvalue weighted by Crippen LogP contribution is -1.94. The zero-order chi connectivity index (χ0) is 14.3. The Labute approximate surface area is 116 Å². The van der Waals surface area contributed by atoms with E-state index in [1.54, 1.807) is 0 Å². The number of aromatic amines is 1. The van der Waals surface area contributed by atoms with Crippen LogP contribution in [0.2, 0.25) is 5.02 Å². The summed E-state index contributed by atoms with van der Waals surface area (Å²) in [5.74, 6) is -0.519. The lowest BCUT2D eigenvalue weighted by atomic mass is 10.2. The number of oxazole rings is 1. The fourth-order valence-corrected chi connectivity index (χ4v) is 1.96. The first-order valence-corrected chi connectivity index (χ1v) is 5.96. The molecular formula is C13H8ClFN2O3. The van der Waals surface area contributed by atoms with E-state index in [2.05, 4.69) is 4.98 Å². The van der Waals surface area contributed by atoms with Gasteiger partial charge in [0.15, 0.2) is 11.3 Å². The van der Waals surface area contributed by atoms with Crippen LogP contribution < -0.4 is 16.2 Å². The smallest absolute Gasteiger partial charge is 0.417 e. The number of nitrogens with two attached hydrogens (primary N) is 1. The van der Waals surface area contributed by atoms with E-state index in [4.69, 9.17) is 26.5 Å². The van der Waals surface area contributed by atoms with Crippen molar-refractivity contribution in [1.82, 2.24) is 4.98 Å². The van der Waals surface area contributed by atoms with Crippen LogP contribution in [-0.4, -0.2) is 4.98 Å². The second-order valence-corrected chi connectivity index (χ2v) is 4.48. The Kier molecular flexibility index (Phi) is 2.87. The molecule has 3 aromatic rings. The molecule has 7 heteroatoms. The second kappa shape index (κ2) is 4.57. The van der Waals surface area contributed by atoms with Crippen LogP contribution in [0.1, 0.15) is 0 Å². The predicted octanol–water partition coefficient (Wildman–Crippen LogP) is 3.29. The van der Waals surface area contributed by atoms with Gasteiger partial charge in [0.1, 0.15) is 11.6 Å². The topological polar surface area (TPSA) is 81.2 Å². The molecule has 0 fully saturated rings. The lowest BCUT2D eigenvalue weighted by Gasteiger charge is -2.09. The van der Waals surface area contributed by atoms with Gasteiger partial charge in [-0.05, 0) is 18.2 Å². The Balaban J connectivity index is 2.05. The van der Waals surface area contributed by atoms with Crippen molar-refractivity contribution < 1.29 is 13.5 Å². The van der Waals surface area contributed by atoms with Gasteiger partial charge in [-0.3, -0.25) is 4.98 Å². The van der Waals surface area contributed by atoms with Gasteiger partial charge in [-0.2, -0.15) is 0 Å². The summed E-state index contributed by atoms with van der Waals surface area (Å²) in [4.78, 5) is 13.6. The molecule has 0 aliphatic rings. The van der Waals surface area contributed by atoms with Crippen molar-refractivity contribution in [2.24, 2.45) is 0 Å². The number of aromatic nitrogens is 1. The van der Waals surface area contributed by atoms with E-state index in [9.17, 15) is 9.18 Å². The molecule has 0 unspecified atom stereocenters. The highest BCUT2D eigenvalue weighted by Crippen LogP contribution is 2.34. The molecule has 3 rings (SSSR count). The van der Waals surface area contributed by atoms with E-state index < -0.39 is 11.6 Å². The summed E-state index contributed by atoms with van der Waals surface area (Å²) < 4.78 is 23.4. The summed E-state index contributed by atoms with van der Waals surface area (Å²) in [7, 11) is 0. The number of nitrogens with one attached hydrogen (secondary N) is 1. The van der Waals surface area contributed by atoms with Crippen molar-refractivity contribution in [3.63, 3.8) is 0 Å². The van der Waals surface area contributed by atoms with E-state index in [0.29, 0.717) is 11.1 Å². The van der Waals surface area contributed by atoms with Gasteiger partial charge in [0, 0.05) is 12.1 Å². The number of fused-ring (bicyclic) bond motifs is 1. The molecule has 0 saturated heterocycles. The molecule has 0 atom stereocenters. The van der Waals surface area contributed by atoms with Crippen LogP contribution in [0.4, 0.5) is 10.1 Å². The number of hydrogen-bond acceptors (Lipinski definition) is 4. The van der Waals surface area contributed by atoms with Crippen molar-refractivity contribution in [2.75, 3.05) is 5.73 Å². The van der Waals surface area contributed by atoms with Gasteiger partial charge in [-0.1, -0.05) is 11.6 Å². The fraction of sp³-hybridized carbons (Fsp3) is 0. The molecule has 0 bridgehead atoms. The monoisotopic (exact) mass is 294 g/mol. The zero-order valence-electron chi connectivity index (χ0n) is 9.94. The molecule has 2 aromatic carbocycles. The Bertz CT molecular complexity index is 856. The number of hydrogen-bond donors (Lipinski definition) is 2. The third-order valence-electron chi connectivity index (χ3n) is 2.67. The average molecular weight is 295 g/mol. The molecule has 0 aliphatic heterocycles. The summed E-state index contributed by atoms with van der Waals surface area (Å²) in [6.07, 6.45) is 0. The molecule has 0 saturated carbocycles. The third kappa shape index (κ3) is 2.21. The Morgan fingerprint density at radius 1 is 1.25 bits per heavy atom. The standard InChI is InChI=1S/C13H8ClFN2O3/c14-7-3-6(15)1-2-10(7)19-11-5-9-12(4-8(11)16)20-13(18)17-9/h1-5H,16H2,(H,17,18). The van der Waals surface area contributed by atoms with Gasteiger partial charge >= 0.3 is 5.76 Å². The molecule has 102 valence electrons.